The number of rotatable bonds is 7. The first-order chi connectivity index (χ1) is 7.30. The van der Waals surface area contributed by atoms with Crippen LogP contribution in [0.1, 0.15) is 27.7 Å². The first kappa shape index (κ1) is 15.7. The van der Waals surface area contributed by atoms with Crippen molar-refractivity contribution in [2.24, 2.45) is 5.92 Å². The van der Waals surface area contributed by atoms with Crippen LogP contribution in [0.15, 0.2) is 0 Å². The van der Waals surface area contributed by atoms with Gasteiger partial charge in [-0.25, -0.2) is 0 Å². The Balaban J connectivity index is 4.26. The summed E-state index contributed by atoms with van der Waals surface area (Å²) in [6, 6.07) is 0.118. The van der Waals surface area contributed by atoms with E-state index in [1.807, 2.05) is 20.8 Å². The summed E-state index contributed by atoms with van der Waals surface area (Å²) in [6.07, 6.45) is -4.11. The SMILES string of the molecule is CCNC(CN(CC)CC(F)(F)F)C(C)C. The van der Waals surface area contributed by atoms with Crippen molar-refractivity contribution in [2.45, 2.75) is 39.9 Å². The highest BCUT2D eigenvalue weighted by atomic mass is 19.4. The quantitative estimate of drug-likeness (QED) is 0.735. The van der Waals surface area contributed by atoms with Gasteiger partial charge in [0.1, 0.15) is 0 Å². The smallest absolute Gasteiger partial charge is 0.313 e. The third-order valence-corrected chi connectivity index (χ3v) is 2.58. The summed E-state index contributed by atoms with van der Waals surface area (Å²) in [5, 5.41) is 3.22. The maximum absolute atomic E-state index is 12.3. The molecule has 0 aliphatic rings. The standard InChI is InChI=1S/C11H23F3N2/c1-5-15-10(9(3)4)7-16(6-2)8-11(12,13)14/h9-10,15H,5-8H2,1-4H3. The Bertz CT molecular complexity index is 181. The van der Waals surface area contributed by atoms with E-state index in [0.29, 0.717) is 19.0 Å². The van der Waals surface area contributed by atoms with Crippen molar-refractivity contribution < 1.29 is 13.2 Å². The van der Waals surface area contributed by atoms with Gasteiger partial charge in [-0.05, 0) is 19.0 Å². The molecule has 0 aromatic heterocycles. The van der Waals surface area contributed by atoms with E-state index in [9.17, 15) is 13.2 Å². The van der Waals surface area contributed by atoms with Gasteiger partial charge >= 0.3 is 6.18 Å². The van der Waals surface area contributed by atoms with Gasteiger partial charge < -0.3 is 5.32 Å². The van der Waals surface area contributed by atoms with Gasteiger partial charge in [0.25, 0.3) is 0 Å². The second kappa shape index (κ2) is 7.12. The number of hydrogen-bond donors (Lipinski definition) is 1. The van der Waals surface area contributed by atoms with Crippen molar-refractivity contribution in [3.05, 3.63) is 0 Å². The van der Waals surface area contributed by atoms with Crippen LogP contribution in [0.25, 0.3) is 0 Å². The molecule has 1 unspecified atom stereocenters. The molecule has 0 bridgehead atoms. The molecule has 0 rings (SSSR count). The summed E-state index contributed by atoms with van der Waals surface area (Å²) in [5.41, 5.74) is 0. The van der Waals surface area contributed by atoms with Crippen LogP contribution >= 0.6 is 0 Å². The van der Waals surface area contributed by atoms with Gasteiger partial charge in [0.05, 0.1) is 6.54 Å². The minimum atomic E-state index is -4.11. The van der Waals surface area contributed by atoms with Gasteiger partial charge in [0, 0.05) is 12.6 Å². The first-order valence-corrected chi connectivity index (χ1v) is 5.82. The van der Waals surface area contributed by atoms with Gasteiger partial charge in [-0.15, -0.1) is 0 Å². The molecular weight excluding hydrogens is 217 g/mol. The van der Waals surface area contributed by atoms with Crippen LogP contribution in [0.4, 0.5) is 13.2 Å². The fourth-order valence-corrected chi connectivity index (χ4v) is 1.61. The summed E-state index contributed by atoms with van der Waals surface area (Å²) < 4.78 is 36.8. The number of alkyl halides is 3. The molecule has 0 amide bonds. The summed E-state index contributed by atoms with van der Waals surface area (Å²) in [5.74, 6) is 0.335. The first-order valence-electron chi connectivity index (χ1n) is 5.82. The highest BCUT2D eigenvalue weighted by Gasteiger charge is 2.31. The number of halogens is 3. The van der Waals surface area contributed by atoms with E-state index in [4.69, 9.17) is 0 Å². The van der Waals surface area contributed by atoms with Crippen LogP contribution in [0.5, 0.6) is 0 Å². The molecule has 0 aromatic carbocycles. The van der Waals surface area contributed by atoms with E-state index in [2.05, 4.69) is 5.32 Å². The van der Waals surface area contributed by atoms with E-state index < -0.39 is 12.7 Å². The van der Waals surface area contributed by atoms with Crippen molar-refractivity contribution in [2.75, 3.05) is 26.2 Å². The van der Waals surface area contributed by atoms with E-state index in [0.717, 1.165) is 6.54 Å². The molecule has 0 heterocycles. The number of hydrogen-bond acceptors (Lipinski definition) is 2. The van der Waals surface area contributed by atoms with E-state index in [1.165, 1.54) is 4.90 Å². The number of nitrogens with one attached hydrogen (secondary N) is 1. The van der Waals surface area contributed by atoms with Crippen LogP contribution in [-0.4, -0.2) is 43.3 Å². The van der Waals surface area contributed by atoms with Crippen LogP contribution in [0.2, 0.25) is 0 Å². The fraction of sp³-hybridized carbons (Fsp3) is 1.00. The van der Waals surface area contributed by atoms with Crippen LogP contribution in [0, 0.1) is 5.92 Å². The van der Waals surface area contributed by atoms with Gasteiger partial charge in [0.2, 0.25) is 0 Å². The Labute approximate surface area is 96.2 Å². The van der Waals surface area contributed by atoms with Gasteiger partial charge in [-0.3, -0.25) is 4.90 Å². The summed E-state index contributed by atoms with van der Waals surface area (Å²) in [6.45, 7) is 8.61. The fourth-order valence-electron chi connectivity index (χ4n) is 1.61. The molecular formula is C11H23F3N2. The van der Waals surface area contributed by atoms with Crippen molar-refractivity contribution in [1.82, 2.24) is 10.2 Å². The predicted octanol–water partition coefficient (Wildman–Crippen LogP) is 2.50. The lowest BCUT2D eigenvalue weighted by Gasteiger charge is -2.29. The van der Waals surface area contributed by atoms with E-state index in [1.54, 1.807) is 6.92 Å². The molecule has 0 aromatic rings. The van der Waals surface area contributed by atoms with Crippen molar-refractivity contribution >= 4 is 0 Å². The molecule has 0 radical (unpaired) electrons. The number of likely N-dealkylation sites (N-methyl/N-ethyl adjacent to an activating group) is 2. The van der Waals surface area contributed by atoms with Gasteiger partial charge in [-0.2, -0.15) is 13.2 Å². The molecule has 0 spiro atoms. The normalized spacial score (nSPS) is 14.8. The molecule has 0 fully saturated rings. The van der Waals surface area contributed by atoms with Gasteiger partial charge in [0.15, 0.2) is 0 Å². The Morgan fingerprint density at radius 2 is 1.75 bits per heavy atom. The Hall–Kier alpha value is -0.290. The Kier molecular flexibility index (Phi) is 6.99. The average Bonchev–Trinajstić information content (AvgIpc) is 2.13. The molecule has 0 aliphatic heterocycles. The lowest BCUT2D eigenvalue weighted by atomic mass is 10.0. The third kappa shape index (κ3) is 7.06. The zero-order valence-corrected chi connectivity index (χ0v) is 10.6. The molecule has 0 aliphatic carbocycles. The minimum absolute atomic E-state index is 0.118. The van der Waals surface area contributed by atoms with E-state index in [-0.39, 0.29) is 6.04 Å². The molecule has 1 atom stereocenters. The molecule has 2 nitrogen and oxygen atoms in total. The number of nitrogens with zero attached hydrogens (tertiary/aromatic N) is 1. The lowest BCUT2D eigenvalue weighted by Crippen LogP contribution is -2.46. The predicted molar refractivity (Wildman–Crippen MR) is 60.5 cm³/mol. The van der Waals surface area contributed by atoms with Crippen molar-refractivity contribution in [3.8, 4) is 0 Å². The molecule has 16 heavy (non-hydrogen) atoms. The van der Waals surface area contributed by atoms with Crippen molar-refractivity contribution in [3.63, 3.8) is 0 Å². The monoisotopic (exact) mass is 240 g/mol. The summed E-state index contributed by atoms with van der Waals surface area (Å²) >= 11 is 0. The average molecular weight is 240 g/mol. The van der Waals surface area contributed by atoms with Crippen molar-refractivity contribution in [1.29, 1.82) is 0 Å². The maximum atomic E-state index is 12.3. The highest BCUT2D eigenvalue weighted by Crippen LogP contribution is 2.17. The Morgan fingerprint density at radius 3 is 2.06 bits per heavy atom. The molecule has 0 saturated carbocycles. The van der Waals surface area contributed by atoms with Gasteiger partial charge in [-0.1, -0.05) is 27.7 Å². The zero-order chi connectivity index (χ0) is 12.8. The van der Waals surface area contributed by atoms with E-state index >= 15 is 0 Å². The molecule has 5 heteroatoms. The zero-order valence-electron chi connectivity index (χ0n) is 10.6. The third-order valence-electron chi connectivity index (χ3n) is 2.58. The Morgan fingerprint density at radius 1 is 1.19 bits per heavy atom. The molecule has 1 N–H and O–H groups in total. The largest absolute Gasteiger partial charge is 0.401 e. The topological polar surface area (TPSA) is 15.3 Å². The molecule has 98 valence electrons. The minimum Gasteiger partial charge on any atom is -0.313 e. The summed E-state index contributed by atoms with van der Waals surface area (Å²) in [4.78, 5) is 1.44. The maximum Gasteiger partial charge on any atom is 0.401 e. The van der Waals surface area contributed by atoms with Crippen LogP contribution in [0.3, 0.4) is 0 Å². The second-order valence-electron chi connectivity index (χ2n) is 4.35. The second-order valence-corrected chi connectivity index (χ2v) is 4.35. The highest BCUT2D eigenvalue weighted by molar-refractivity contribution is 4.75. The molecule has 0 saturated heterocycles. The summed E-state index contributed by atoms with van der Waals surface area (Å²) in [7, 11) is 0. The van der Waals surface area contributed by atoms with Crippen LogP contribution < -0.4 is 5.32 Å². The van der Waals surface area contributed by atoms with Crippen LogP contribution in [-0.2, 0) is 0 Å². The lowest BCUT2D eigenvalue weighted by molar-refractivity contribution is -0.146.